The van der Waals surface area contributed by atoms with Crippen LogP contribution in [0.5, 0.6) is 0 Å². The van der Waals surface area contributed by atoms with E-state index in [-0.39, 0.29) is 11.1 Å². The second kappa shape index (κ2) is 20.1. The van der Waals surface area contributed by atoms with Crippen molar-refractivity contribution in [1.29, 1.82) is 10.5 Å². The molecular formula is C53H39N3O4. The van der Waals surface area contributed by atoms with Gasteiger partial charge >= 0.3 is 11.9 Å². The zero-order chi connectivity index (χ0) is 42.3. The molecule has 0 aliphatic carbocycles. The van der Waals surface area contributed by atoms with Gasteiger partial charge in [-0.2, -0.15) is 10.5 Å². The van der Waals surface area contributed by atoms with Gasteiger partial charge in [0, 0.05) is 17.1 Å². The van der Waals surface area contributed by atoms with Crippen LogP contribution in [0.4, 0.5) is 17.1 Å². The Labute approximate surface area is 349 Å². The number of nitriles is 2. The maximum absolute atomic E-state index is 11.2. The summed E-state index contributed by atoms with van der Waals surface area (Å²) < 4.78 is 0. The molecule has 6 aromatic carbocycles. The Kier molecular flexibility index (Phi) is 13.8. The summed E-state index contributed by atoms with van der Waals surface area (Å²) in [6, 6.07) is 51.3. The molecule has 6 rings (SSSR count). The highest BCUT2D eigenvalue weighted by Gasteiger charge is 2.13. The lowest BCUT2D eigenvalue weighted by Crippen LogP contribution is -2.09. The summed E-state index contributed by atoms with van der Waals surface area (Å²) >= 11 is 0. The molecule has 6 aromatic rings. The number of aliphatic carboxylic acids is 2. The van der Waals surface area contributed by atoms with Crippen molar-refractivity contribution in [3.63, 3.8) is 0 Å². The van der Waals surface area contributed by atoms with Gasteiger partial charge in [0.05, 0.1) is 0 Å². The van der Waals surface area contributed by atoms with Crippen LogP contribution < -0.4 is 4.90 Å². The van der Waals surface area contributed by atoms with E-state index in [1.807, 2.05) is 60.7 Å². The van der Waals surface area contributed by atoms with Crippen LogP contribution in [0.1, 0.15) is 50.1 Å². The van der Waals surface area contributed by atoms with Gasteiger partial charge in [-0.1, -0.05) is 163 Å². The number of nitrogens with zero attached hydrogens (tertiary/aromatic N) is 3. The number of hydrogen-bond donors (Lipinski definition) is 2. The molecule has 0 aliphatic heterocycles. The molecule has 0 fully saturated rings. The normalized spacial score (nSPS) is 11.9. The standard InChI is InChI=1S/C53H39N3O4/c1-38-6-8-39(9-7-38)4-2-3-5-40-22-28-49(29-23-40)56(50-30-24-43(25-31-50)12-10-41-14-18-45(19-15-41)34-47(36-54)52(57)58)51-32-26-44(27-33-51)13-11-42-16-20-46(21-17-42)35-48(37-55)53(59)60/h2-35H,1H3,(H,57,58)(H,59,60)/b4-2+,5-3+,12-10+,13-11+,47-34+,48-35+. The third kappa shape index (κ3) is 11.5. The molecule has 290 valence electrons. The van der Waals surface area contributed by atoms with Crippen molar-refractivity contribution in [1.82, 2.24) is 0 Å². The third-order valence-corrected chi connectivity index (χ3v) is 9.35. The van der Waals surface area contributed by atoms with Crippen LogP contribution >= 0.6 is 0 Å². The van der Waals surface area contributed by atoms with Crippen molar-refractivity contribution < 1.29 is 19.8 Å². The third-order valence-electron chi connectivity index (χ3n) is 9.35. The molecule has 0 bridgehead atoms. The fraction of sp³-hybridized carbons (Fsp3) is 0.0189. The number of hydrogen-bond acceptors (Lipinski definition) is 5. The van der Waals surface area contributed by atoms with Gasteiger partial charge in [-0.05, 0) is 100.0 Å². The van der Waals surface area contributed by atoms with Crippen molar-refractivity contribution in [2.24, 2.45) is 0 Å². The lowest BCUT2D eigenvalue weighted by molar-refractivity contribution is -0.133. The molecule has 0 unspecified atom stereocenters. The minimum Gasteiger partial charge on any atom is -0.477 e. The smallest absolute Gasteiger partial charge is 0.346 e. The highest BCUT2D eigenvalue weighted by molar-refractivity contribution is 5.97. The molecule has 7 heteroatoms. The molecule has 2 N–H and O–H groups in total. The van der Waals surface area contributed by atoms with Crippen molar-refractivity contribution in [2.75, 3.05) is 4.90 Å². The van der Waals surface area contributed by atoms with Gasteiger partial charge in [0.15, 0.2) is 0 Å². The first kappa shape index (κ1) is 41.1. The SMILES string of the molecule is Cc1ccc(/C=C/C=C/c2ccc(N(c3ccc(/C=C/c4ccc(/C=C(\C#N)C(=O)O)cc4)cc3)c3ccc(/C=C/c4ccc(/C=C(\C#N)C(=O)O)cc4)cc3)cc2)cc1. The zero-order valence-corrected chi connectivity index (χ0v) is 32.7. The average molecular weight is 782 g/mol. The maximum atomic E-state index is 11.2. The number of anilines is 3. The van der Waals surface area contributed by atoms with Crippen LogP contribution in [0.2, 0.25) is 0 Å². The van der Waals surface area contributed by atoms with Gasteiger partial charge < -0.3 is 15.1 Å². The van der Waals surface area contributed by atoms with Gasteiger partial charge in [-0.15, -0.1) is 0 Å². The van der Waals surface area contributed by atoms with Gasteiger partial charge in [0.2, 0.25) is 0 Å². The van der Waals surface area contributed by atoms with E-state index in [0.29, 0.717) is 11.1 Å². The number of aryl methyl sites for hydroxylation is 1. The van der Waals surface area contributed by atoms with Gasteiger partial charge in [-0.25, -0.2) is 9.59 Å². The van der Waals surface area contributed by atoms with E-state index in [1.165, 1.54) is 17.7 Å². The summed E-state index contributed by atoms with van der Waals surface area (Å²) in [5.74, 6) is -2.51. The van der Waals surface area contributed by atoms with Crippen molar-refractivity contribution >= 4 is 77.6 Å². The topological polar surface area (TPSA) is 125 Å². The number of rotatable bonds is 14. The molecule has 0 aliphatic rings. The lowest BCUT2D eigenvalue weighted by atomic mass is 10.1. The van der Waals surface area contributed by atoms with Gasteiger partial charge in [-0.3, -0.25) is 0 Å². The average Bonchev–Trinajstić information content (AvgIpc) is 3.27. The number of benzene rings is 6. The van der Waals surface area contributed by atoms with Crippen LogP contribution in [-0.2, 0) is 9.59 Å². The first-order valence-electron chi connectivity index (χ1n) is 19.0. The second-order valence-electron chi connectivity index (χ2n) is 13.7. The Balaban J connectivity index is 1.22. The quantitative estimate of drug-likeness (QED) is 0.0488. The second-order valence-corrected chi connectivity index (χ2v) is 13.7. The predicted octanol–water partition coefficient (Wildman–Crippen LogP) is 12.5. The van der Waals surface area contributed by atoms with Gasteiger partial charge in [0.1, 0.15) is 23.3 Å². The molecule has 0 aromatic heterocycles. The van der Waals surface area contributed by atoms with Crippen molar-refractivity contribution in [3.05, 3.63) is 219 Å². The van der Waals surface area contributed by atoms with E-state index < -0.39 is 11.9 Å². The summed E-state index contributed by atoms with van der Waals surface area (Å²) in [6.45, 7) is 2.08. The van der Waals surface area contributed by atoms with E-state index in [9.17, 15) is 9.59 Å². The van der Waals surface area contributed by atoms with Crippen LogP contribution in [-0.4, -0.2) is 22.2 Å². The number of allylic oxidation sites excluding steroid dienone is 2. The minimum absolute atomic E-state index is 0.318. The van der Waals surface area contributed by atoms with Crippen molar-refractivity contribution in [3.8, 4) is 12.1 Å². The maximum Gasteiger partial charge on any atom is 0.346 e. The molecule has 0 radical (unpaired) electrons. The monoisotopic (exact) mass is 781 g/mol. The first-order valence-corrected chi connectivity index (χ1v) is 19.0. The van der Waals surface area contributed by atoms with Crippen LogP contribution in [0, 0.1) is 29.6 Å². The fourth-order valence-corrected chi connectivity index (χ4v) is 6.07. The molecule has 0 saturated heterocycles. The predicted molar refractivity (Wildman–Crippen MR) is 244 cm³/mol. The number of carboxylic acid groups (broad SMARTS) is 2. The number of carbonyl (C=O) groups is 2. The minimum atomic E-state index is -1.26. The van der Waals surface area contributed by atoms with E-state index >= 15 is 0 Å². The van der Waals surface area contributed by atoms with Crippen molar-refractivity contribution in [2.45, 2.75) is 6.92 Å². The van der Waals surface area contributed by atoms with Gasteiger partial charge in [0.25, 0.3) is 0 Å². The zero-order valence-electron chi connectivity index (χ0n) is 32.7. The highest BCUT2D eigenvalue weighted by atomic mass is 16.4. The largest absolute Gasteiger partial charge is 0.477 e. The molecule has 0 spiro atoms. The summed E-state index contributed by atoms with van der Waals surface area (Å²) in [5, 5.41) is 36.4. The highest BCUT2D eigenvalue weighted by Crippen LogP contribution is 2.35. The van der Waals surface area contributed by atoms with E-state index in [4.69, 9.17) is 20.7 Å². The molecule has 60 heavy (non-hydrogen) atoms. The Morgan fingerprint density at radius 1 is 0.417 bits per heavy atom. The van der Waals surface area contributed by atoms with Crippen LogP contribution in [0.15, 0.2) is 169 Å². The Morgan fingerprint density at radius 2 is 0.667 bits per heavy atom. The van der Waals surface area contributed by atoms with Crippen LogP contribution in [0.25, 0.3) is 48.6 Å². The molecule has 0 saturated carbocycles. The summed E-state index contributed by atoms with van der Waals surface area (Å²) in [4.78, 5) is 24.6. The summed E-state index contributed by atoms with van der Waals surface area (Å²) in [5.41, 5.74) is 10.9. The molecule has 0 amide bonds. The first-order chi connectivity index (χ1) is 29.2. The Hall–Kier alpha value is -8.52. The summed E-state index contributed by atoms with van der Waals surface area (Å²) in [6.07, 6.45) is 18.9. The lowest BCUT2D eigenvalue weighted by Gasteiger charge is -2.26. The Bertz CT molecular complexity index is 2580. The fourth-order valence-electron chi connectivity index (χ4n) is 6.07. The molecule has 0 atom stereocenters. The van der Waals surface area contributed by atoms with E-state index in [0.717, 1.165) is 50.4 Å². The molecule has 0 heterocycles. The van der Waals surface area contributed by atoms with Crippen LogP contribution in [0.3, 0.4) is 0 Å². The Morgan fingerprint density at radius 3 is 0.950 bits per heavy atom. The molecule has 7 nitrogen and oxygen atoms in total. The number of carboxylic acids is 2. The summed E-state index contributed by atoms with van der Waals surface area (Å²) in [7, 11) is 0. The van der Waals surface area contributed by atoms with E-state index in [2.05, 4.69) is 121 Å². The van der Waals surface area contributed by atoms with E-state index in [1.54, 1.807) is 36.4 Å². The molecular weight excluding hydrogens is 743 g/mol.